The molecule has 17 heavy (non-hydrogen) atoms. The zero-order valence-corrected chi connectivity index (χ0v) is 9.90. The Morgan fingerprint density at radius 1 is 1.59 bits per heavy atom. The number of rotatable bonds is 5. The molecule has 0 spiro atoms. The summed E-state index contributed by atoms with van der Waals surface area (Å²) in [5.41, 5.74) is 5.25. The van der Waals surface area contributed by atoms with Crippen molar-refractivity contribution < 1.29 is 19.1 Å². The van der Waals surface area contributed by atoms with Crippen molar-refractivity contribution in [2.75, 3.05) is 13.7 Å². The van der Waals surface area contributed by atoms with Crippen LogP contribution < -0.4 is 11.1 Å². The molecule has 0 radical (unpaired) electrons. The number of hydrogen-bond donors (Lipinski definition) is 2. The molecule has 3 N–H and O–H groups in total. The predicted molar refractivity (Wildman–Crippen MR) is 60.0 cm³/mol. The van der Waals surface area contributed by atoms with Gasteiger partial charge in [-0.3, -0.25) is 14.4 Å². The Hall–Kier alpha value is -1.43. The number of methoxy groups -OCH3 is 1. The van der Waals surface area contributed by atoms with Crippen LogP contribution in [0.1, 0.15) is 25.7 Å². The maximum Gasteiger partial charge on any atom is 0.246 e. The van der Waals surface area contributed by atoms with Gasteiger partial charge in [-0.05, 0) is 18.8 Å². The highest BCUT2D eigenvalue weighted by Gasteiger charge is 2.31. The van der Waals surface area contributed by atoms with Crippen LogP contribution in [0.4, 0.5) is 0 Å². The van der Waals surface area contributed by atoms with Gasteiger partial charge >= 0.3 is 0 Å². The van der Waals surface area contributed by atoms with Crippen molar-refractivity contribution in [3.8, 4) is 0 Å². The van der Waals surface area contributed by atoms with E-state index in [1.807, 2.05) is 0 Å². The first-order valence-corrected chi connectivity index (χ1v) is 5.64. The average molecular weight is 242 g/mol. The number of Topliss-reactive ketones (excluding diaryl/α,β-unsaturated/α-hetero) is 1. The van der Waals surface area contributed by atoms with Crippen LogP contribution in [0.15, 0.2) is 0 Å². The lowest BCUT2D eigenvalue weighted by molar-refractivity contribution is -0.132. The summed E-state index contributed by atoms with van der Waals surface area (Å²) in [5, 5.41) is 2.52. The number of carbonyl (C=O) groups is 3. The summed E-state index contributed by atoms with van der Waals surface area (Å²) < 4.78 is 4.66. The zero-order chi connectivity index (χ0) is 12.8. The Kier molecular flexibility index (Phi) is 5.09. The van der Waals surface area contributed by atoms with Crippen molar-refractivity contribution in [2.45, 2.75) is 31.7 Å². The van der Waals surface area contributed by atoms with Gasteiger partial charge in [-0.1, -0.05) is 0 Å². The monoisotopic (exact) mass is 242 g/mol. The van der Waals surface area contributed by atoms with Gasteiger partial charge in [0.15, 0.2) is 0 Å². The molecule has 0 saturated heterocycles. The van der Waals surface area contributed by atoms with Gasteiger partial charge < -0.3 is 15.8 Å². The van der Waals surface area contributed by atoms with Crippen molar-refractivity contribution in [3.63, 3.8) is 0 Å². The molecule has 2 amide bonds. The lowest BCUT2D eigenvalue weighted by Crippen LogP contribution is -2.51. The number of primary amides is 1. The van der Waals surface area contributed by atoms with Crippen LogP contribution >= 0.6 is 0 Å². The molecule has 2 atom stereocenters. The first-order chi connectivity index (χ1) is 8.04. The molecule has 0 heterocycles. The maximum atomic E-state index is 11.4. The summed E-state index contributed by atoms with van der Waals surface area (Å²) in [7, 11) is 1.39. The van der Waals surface area contributed by atoms with Gasteiger partial charge in [0.25, 0.3) is 0 Å². The molecule has 1 fully saturated rings. The summed E-state index contributed by atoms with van der Waals surface area (Å²) in [6.45, 7) is -0.121. The van der Waals surface area contributed by atoms with Gasteiger partial charge in [0.2, 0.25) is 11.8 Å². The minimum atomic E-state index is -0.776. The smallest absolute Gasteiger partial charge is 0.246 e. The highest BCUT2D eigenvalue weighted by molar-refractivity contribution is 5.88. The molecule has 0 unspecified atom stereocenters. The van der Waals surface area contributed by atoms with E-state index in [4.69, 9.17) is 5.73 Å². The number of amides is 2. The van der Waals surface area contributed by atoms with Gasteiger partial charge in [0.1, 0.15) is 18.4 Å². The molecule has 1 aliphatic rings. The fourth-order valence-corrected chi connectivity index (χ4v) is 2.11. The molecule has 1 saturated carbocycles. The van der Waals surface area contributed by atoms with Gasteiger partial charge in [0.05, 0.1) is 0 Å². The van der Waals surface area contributed by atoms with E-state index in [1.165, 1.54) is 7.11 Å². The molecule has 1 rings (SSSR count). The number of nitrogens with two attached hydrogens (primary N) is 1. The summed E-state index contributed by atoms with van der Waals surface area (Å²) in [5.74, 6) is -1.06. The summed E-state index contributed by atoms with van der Waals surface area (Å²) in [6.07, 6.45) is 2.33. The van der Waals surface area contributed by atoms with Crippen LogP contribution in [0, 0.1) is 5.92 Å². The normalized spacial score (nSPS) is 21.9. The van der Waals surface area contributed by atoms with Crippen molar-refractivity contribution in [3.05, 3.63) is 0 Å². The predicted octanol–water partition coefficient (Wildman–Crippen LogP) is -0.638. The largest absolute Gasteiger partial charge is 0.375 e. The Morgan fingerprint density at radius 3 is 2.82 bits per heavy atom. The van der Waals surface area contributed by atoms with Crippen LogP contribution in [-0.2, 0) is 19.1 Å². The van der Waals surface area contributed by atoms with E-state index in [0.717, 1.165) is 12.8 Å². The third kappa shape index (κ3) is 4.14. The number of ketones is 1. The highest BCUT2D eigenvalue weighted by atomic mass is 16.5. The lowest BCUT2D eigenvalue weighted by atomic mass is 9.83. The van der Waals surface area contributed by atoms with E-state index >= 15 is 0 Å². The SMILES string of the molecule is COCC(=O)N[C@@H](C(N)=O)[C@@H]1CCCC(=O)C1. The van der Waals surface area contributed by atoms with Crippen LogP contribution in [0.25, 0.3) is 0 Å². The van der Waals surface area contributed by atoms with Gasteiger partial charge in [-0.15, -0.1) is 0 Å². The molecule has 0 bridgehead atoms. The van der Waals surface area contributed by atoms with Crippen molar-refractivity contribution >= 4 is 17.6 Å². The van der Waals surface area contributed by atoms with E-state index in [0.29, 0.717) is 12.8 Å². The summed E-state index contributed by atoms with van der Waals surface area (Å²) in [6, 6.07) is -0.776. The molecular weight excluding hydrogens is 224 g/mol. The summed E-state index contributed by atoms with van der Waals surface area (Å²) in [4.78, 5) is 34.0. The van der Waals surface area contributed by atoms with Crippen molar-refractivity contribution in [1.29, 1.82) is 0 Å². The van der Waals surface area contributed by atoms with Crippen LogP contribution in [0.3, 0.4) is 0 Å². The second-order valence-electron chi connectivity index (χ2n) is 4.28. The topological polar surface area (TPSA) is 98.5 Å². The molecule has 6 nitrogen and oxygen atoms in total. The Labute approximate surface area is 99.9 Å². The van der Waals surface area contributed by atoms with Crippen LogP contribution in [0.5, 0.6) is 0 Å². The van der Waals surface area contributed by atoms with E-state index in [1.54, 1.807) is 0 Å². The molecule has 6 heteroatoms. The minimum Gasteiger partial charge on any atom is -0.375 e. The highest BCUT2D eigenvalue weighted by Crippen LogP contribution is 2.24. The molecule has 96 valence electrons. The maximum absolute atomic E-state index is 11.4. The average Bonchev–Trinajstić information content (AvgIpc) is 2.26. The third-order valence-electron chi connectivity index (χ3n) is 2.89. The molecule has 0 aliphatic heterocycles. The van der Waals surface area contributed by atoms with Crippen LogP contribution in [0.2, 0.25) is 0 Å². The molecular formula is C11H18N2O4. The Bertz CT molecular complexity index is 317. The Morgan fingerprint density at radius 2 is 2.29 bits per heavy atom. The second kappa shape index (κ2) is 6.34. The first-order valence-electron chi connectivity index (χ1n) is 5.64. The van der Waals surface area contributed by atoms with Gasteiger partial charge in [0, 0.05) is 20.0 Å². The number of carbonyl (C=O) groups excluding carboxylic acids is 3. The van der Waals surface area contributed by atoms with E-state index in [-0.39, 0.29) is 18.3 Å². The van der Waals surface area contributed by atoms with E-state index in [2.05, 4.69) is 10.1 Å². The van der Waals surface area contributed by atoms with Crippen LogP contribution in [-0.4, -0.2) is 37.4 Å². The molecule has 1 aliphatic carbocycles. The fourth-order valence-electron chi connectivity index (χ4n) is 2.11. The van der Waals surface area contributed by atoms with Gasteiger partial charge in [-0.2, -0.15) is 0 Å². The quantitative estimate of drug-likeness (QED) is 0.670. The van der Waals surface area contributed by atoms with Crippen molar-refractivity contribution in [1.82, 2.24) is 5.32 Å². The standard InChI is InChI=1S/C11H18N2O4/c1-17-6-9(15)13-10(11(12)16)7-3-2-4-8(14)5-7/h7,10H,2-6H2,1H3,(H2,12,16)(H,13,15)/t7-,10-/m1/s1. The first kappa shape index (κ1) is 13.6. The van der Waals surface area contributed by atoms with Gasteiger partial charge in [-0.25, -0.2) is 0 Å². The van der Waals surface area contributed by atoms with E-state index < -0.39 is 17.9 Å². The number of nitrogens with one attached hydrogen (secondary N) is 1. The van der Waals surface area contributed by atoms with E-state index in [9.17, 15) is 14.4 Å². The Balaban J connectivity index is 2.61. The second-order valence-corrected chi connectivity index (χ2v) is 4.28. The third-order valence-corrected chi connectivity index (χ3v) is 2.89. The molecule has 0 aromatic carbocycles. The number of hydrogen-bond acceptors (Lipinski definition) is 4. The number of ether oxygens (including phenoxy) is 1. The minimum absolute atomic E-state index is 0.119. The molecule has 0 aromatic rings. The fraction of sp³-hybridized carbons (Fsp3) is 0.727. The lowest BCUT2D eigenvalue weighted by Gasteiger charge is -2.27. The molecule has 0 aromatic heterocycles. The van der Waals surface area contributed by atoms with Crippen molar-refractivity contribution in [2.24, 2.45) is 11.7 Å². The summed E-state index contributed by atoms with van der Waals surface area (Å²) >= 11 is 0. The zero-order valence-electron chi connectivity index (χ0n) is 9.90.